The number of nitrogens with zero attached hydrogens (tertiary/aromatic N) is 1. The minimum Gasteiger partial charge on any atom is -0.453 e. The molecule has 3 saturated heterocycles. The average Bonchev–Trinajstić information content (AvgIpc) is 2.74. The summed E-state index contributed by atoms with van der Waals surface area (Å²) in [4.78, 5) is 14.4. The van der Waals surface area contributed by atoms with Crippen LogP contribution in [-0.2, 0) is 16.0 Å². The van der Waals surface area contributed by atoms with E-state index in [0.717, 1.165) is 19.5 Å². The number of carbonyl (C=O) groups excluding carboxylic acids is 1. The van der Waals surface area contributed by atoms with Crippen molar-refractivity contribution < 1.29 is 14.3 Å². The monoisotopic (exact) mass is 316 g/mol. The number of rotatable bonds is 3. The van der Waals surface area contributed by atoms with Crippen LogP contribution in [0.1, 0.15) is 25.3 Å². The van der Waals surface area contributed by atoms with Gasteiger partial charge in [0.15, 0.2) is 5.72 Å². The predicted molar refractivity (Wildman–Crippen MR) is 85.7 cm³/mol. The van der Waals surface area contributed by atoms with Crippen molar-refractivity contribution in [3.05, 3.63) is 35.9 Å². The van der Waals surface area contributed by atoms with E-state index >= 15 is 0 Å². The summed E-state index contributed by atoms with van der Waals surface area (Å²) in [5.41, 5.74) is 0.716. The third-order valence-electron chi connectivity index (χ3n) is 5.69. The lowest BCUT2D eigenvalue weighted by molar-refractivity contribution is -0.131. The molecule has 1 amide bonds. The van der Waals surface area contributed by atoms with Crippen molar-refractivity contribution >= 4 is 6.09 Å². The summed E-state index contributed by atoms with van der Waals surface area (Å²) >= 11 is 0. The molecule has 23 heavy (non-hydrogen) atoms. The van der Waals surface area contributed by atoms with Gasteiger partial charge in [0, 0.05) is 25.4 Å². The molecular weight excluding hydrogens is 292 g/mol. The van der Waals surface area contributed by atoms with Gasteiger partial charge in [-0.25, -0.2) is 4.79 Å². The SMILES string of the molecule is COC(=O)N[C@@]12C[C@H]3C[C@H]([C@@H](C)O1)[C@H]2N(Cc1ccccc1)C3. The zero-order valence-corrected chi connectivity index (χ0v) is 13.7. The van der Waals surface area contributed by atoms with E-state index in [1.165, 1.54) is 19.1 Å². The van der Waals surface area contributed by atoms with Gasteiger partial charge in [-0.15, -0.1) is 0 Å². The summed E-state index contributed by atoms with van der Waals surface area (Å²) in [5.74, 6) is 1.04. The number of alkyl carbamates (subject to hydrolysis) is 1. The van der Waals surface area contributed by atoms with Crippen LogP contribution in [-0.4, -0.2) is 42.5 Å². The fourth-order valence-electron chi connectivity index (χ4n) is 4.99. The Labute approximate surface area is 136 Å². The number of fused-ring (bicyclic) bond motifs is 1. The maximum atomic E-state index is 11.9. The van der Waals surface area contributed by atoms with Gasteiger partial charge in [-0.3, -0.25) is 10.2 Å². The van der Waals surface area contributed by atoms with Crippen LogP contribution in [0, 0.1) is 11.8 Å². The second-order valence-electron chi connectivity index (χ2n) is 7.16. The third-order valence-corrected chi connectivity index (χ3v) is 5.69. The molecule has 0 radical (unpaired) electrons. The Morgan fingerprint density at radius 2 is 2.22 bits per heavy atom. The zero-order chi connectivity index (χ0) is 16.0. The molecule has 1 aromatic carbocycles. The quantitative estimate of drug-likeness (QED) is 0.930. The fraction of sp³-hybridized carbons (Fsp3) is 0.611. The molecule has 1 N–H and O–H groups in total. The lowest BCUT2D eigenvalue weighted by atomic mass is 9.68. The highest BCUT2D eigenvalue weighted by Gasteiger charge is 2.64. The highest BCUT2D eigenvalue weighted by molar-refractivity contribution is 5.68. The molecule has 4 fully saturated rings. The first-order chi connectivity index (χ1) is 11.1. The van der Waals surface area contributed by atoms with Gasteiger partial charge in [0.2, 0.25) is 0 Å². The minimum atomic E-state index is -0.590. The van der Waals surface area contributed by atoms with Gasteiger partial charge >= 0.3 is 6.09 Å². The van der Waals surface area contributed by atoms with Crippen molar-refractivity contribution in [1.82, 2.24) is 10.2 Å². The number of ether oxygens (including phenoxy) is 2. The molecule has 3 heterocycles. The minimum absolute atomic E-state index is 0.167. The number of amides is 1. The van der Waals surface area contributed by atoms with Crippen LogP contribution >= 0.6 is 0 Å². The normalized spacial score (nSPS) is 38.5. The lowest BCUT2D eigenvalue weighted by Gasteiger charge is -2.54. The van der Waals surface area contributed by atoms with E-state index in [-0.39, 0.29) is 12.1 Å². The summed E-state index contributed by atoms with van der Waals surface area (Å²) in [5, 5.41) is 3.03. The van der Waals surface area contributed by atoms with Crippen molar-refractivity contribution in [3.8, 4) is 0 Å². The Hall–Kier alpha value is -1.59. The van der Waals surface area contributed by atoms with Crippen LogP contribution in [0.25, 0.3) is 0 Å². The van der Waals surface area contributed by atoms with Gasteiger partial charge in [-0.1, -0.05) is 30.3 Å². The molecular formula is C18H24N2O3. The van der Waals surface area contributed by atoms with Crippen molar-refractivity contribution in [2.24, 2.45) is 11.8 Å². The number of piperidine rings is 2. The van der Waals surface area contributed by atoms with Crippen LogP contribution in [0.15, 0.2) is 30.3 Å². The molecule has 0 unspecified atom stereocenters. The second kappa shape index (κ2) is 5.49. The molecule has 0 spiro atoms. The van der Waals surface area contributed by atoms with Crippen LogP contribution in [0.3, 0.4) is 0 Å². The topological polar surface area (TPSA) is 50.8 Å². The van der Waals surface area contributed by atoms with E-state index in [2.05, 4.69) is 41.4 Å². The molecule has 0 aromatic heterocycles. The molecule has 4 aliphatic rings. The Bertz CT molecular complexity index is 589. The van der Waals surface area contributed by atoms with Gasteiger partial charge in [0.05, 0.1) is 19.3 Å². The van der Waals surface area contributed by atoms with Crippen LogP contribution in [0.2, 0.25) is 0 Å². The second-order valence-corrected chi connectivity index (χ2v) is 7.16. The van der Waals surface area contributed by atoms with Gasteiger partial charge in [0.25, 0.3) is 0 Å². The maximum absolute atomic E-state index is 11.9. The van der Waals surface area contributed by atoms with E-state index < -0.39 is 11.8 Å². The molecule has 5 rings (SSSR count). The van der Waals surface area contributed by atoms with Gasteiger partial charge in [-0.05, 0) is 24.8 Å². The Balaban J connectivity index is 1.62. The summed E-state index contributed by atoms with van der Waals surface area (Å²) in [6.45, 7) is 4.11. The van der Waals surface area contributed by atoms with Gasteiger partial charge in [-0.2, -0.15) is 0 Å². The van der Waals surface area contributed by atoms with E-state index in [1.807, 2.05) is 6.07 Å². The third kappa shape index (κ3) is 2.42. The smallest absolute Gasteiger partial charge is 0.409 e. The molecule has 1 aliphatic carbocycles. The molecule has 4 bridgehead atoms. The fourth-order valence-corrected chi connectivity index (χ4v) is 4.99. The van der Waals surface area contributed by atoms with E-state index in [9.17, 15) is 4.79 Å². The Morgan fingerprint density at radius 1 is 1.43 bits per heavy atom. The van der Waals surface area contributed by atoms with Crippen LogP contribution in [0.5, 0.6) is 0 Å². The number of carbonyl (C=O) groups is 1. The van der Waals surface area contributed by atoms with E-state index in [0.29, 0.717) is 11.8 Å². The van der Waals surface area contributed by atoms with E-state index in [1.54, 1.807) is 0 Å². The molecule has 124 valence electrons. The number of benzene rings is 1. The van der Waals surface area contributed by atoms with Crippen molar-refractivity contribution in [3.63, 3.8) is 0 Å². The van der Waals surface area contributed by atoms with Crippen molar-refractivity contribution in [2.45, 2.75) is 44.2 Å². The molecule has 5 nitrogen and oxygen atoms in total. The maximum Gasteiger partial charge on any atom is 0.409 e. The highest BCUT2D eigenvalue weighted by atomic mass is 16.6. The summed E-state index contributed by atoms with van der Waals surface area (Å²) < 4.78 is 11.1. The highest BCUT2D eigenvalue weighted by Crippen LogP contribution is 2.53. The average molecular weight is 316 g/mol. The molecule has 5 heteroatoms. The van der Waals surface area contributed by atoms with Gasteiger partial charge in [0.1, 0.15) is 0 Å². The molecule has 5 atom stereocenters. The standard InChI is InChI=1S/C18H24N2O3/c1-12-15-8-14-9-18(23-12,19-17(21)22-2)16(15)20(11-14)10-13-6-4-3-5-7-13/h3-7,12,14-16H,8-11H2,1-2H3,(H,19,21)/t12-,14-,15-,16-,18+/m1/s1. The van der Waals surface area contributed by atoms with Crippen molar-refractivity contribution in [2.75, 3.05) is 13.7 Å². The number of nitrogens with one attached hydrogen (secondary N) is 1. The van der Waals surface area contributed by atoms with E-state index in [4.69, 9.17) is 9.47 Å². The number of hydrogen-bond donors (Lipinski definition) is 1. The first-order valence-corrected chi connectivity index (χ1v) is 8.43. The summed E-state index contributed by atoms with van der Waals surface area (Å²) in [6, 6.07) is 10.7. The number of methoxy groups -OCH3 is 1. The Morgan fingerprint density at radius 3 is 2.96 bits per heavy atom. The lowest BCUT2D eigenvalue weighted by Crippen LogP contribution is -2.69. The Kier molecular flexibility index (Phi) is 3.58. The van der Waals surface area contributed by atoms with Crippen LogP contribution < -0.4 is 5.32 Å². The first kappa shape index (κ1) is 15.0. The number of hydrogen-bond acceptors (Lipinski definition) is 4. The summed E-state index contributed by atoms with van der Waals surface area (Å²) in [7, 11) is 1.41. The van der Waals surface area contributed by atoms with Gasteiger partial charge < -0.3 is 9.47 Å². The predicted octanol–water partition coefficient (Wildman–Crippen LogP) is 2.37. The molecule has 3 aliphatic heterocycles. The summed E-state index contributed by atoms with van der Waals surface area (Å²) in [6.07, 6.45) is 1.85. The largest absolute Gasteiger partial charge is 0.453 e. The first-order valence-electron chi connectivity index (χ1n) is 8.43. The van der Waals surface area contributed by atoms with Crippen LogP contribution in [0.4, 0.5) is 4.79 Å². The zero-order valence-electron chi connectivity index (χ0n) is 13.7. The molecule has 1 aromatic rings. The molecule has 1 saturated carbocycles. The van der Waals surface area contributed by atoms with Crippen molar-refractivity contribution in [1.29, 1.82) is 0 Å².